The van der Waals surface area contributed by atoms with Crippen LogP contribution in [0.4, 0.5) is 0 Å². The lowest BCUT2D eigenvalue weighted by molar-refractivity contribution is 0.152. The van der Waals surface area contributed by atoms with Crippen LogP contribution in [0.3, 0.4) is 0 Å². The molecule has 0 amide bonds. The van der Waals surface area contributed by atoms with Crippen molar-refractivity contribution >= 4 is 0 Å². The van der Waals surface area contributed by atoms with Gasteiger partial charge in [-0.25, -0.2) is 0 Å². The van der Waals surface area contributed by atoms with Crippen molar-refractivity contribution in [1.82, 2.24) is 10.2 Å². The molecule has 0 spiro atoms. The summed E-state index contributed by atoms with van der Waals surface area (Å²) < 4.78 is 0. The molecule has 1 unspecified atom stereocenters. The minimum absolute atomic E-state index is 0.759. The predicted octanol–water partition coefficient (Wildman–Crippen LogP) is 2.78. The number of hydrogen-bond donors (Lipinski definition) is 1. The summed E-state index contributed by atoms with van der Waals surface area (Å²) in [5, 5.41) is 3.71. The van der Waals surface area contributed by atoms with Crippen LogP contribution in [-0.4, -0.2) is 36.6 Å². The third-order valence-electron chi connectivity index (χ3n) is 4.24. The molecule has 1 saturated heterocycles. The molecule has 0 bridgehead atoms. The van der Waals surface area contributed by atoms with Crippen LogP contribution in [0.2, 0.25) is 0 Å². The smallest absolute Gasteiger partial charge is 0.0195 e. The second-order valence-corrected chi connectivity index (χ2v) is 5.58. The summed E-state index contributed by atoms with van der Waals surface area (Å²) in [5.74, 6) is 0. The molecule has 94 valence electrons. The molecular weight excluding hydrogens is 196 g/mol. The molecule has 2 heteroatoms. The van der Waals surface area contributed by atoms with Gasteiger partial charge in [-0.05, 0) is 38.8 Å². The molecule has 1 saturated carbocycles. The van der Waals surface area contributed by atoms with Crippen molar-refractivity contribution in [3.63, 3.8) is 0 Å². The second kappa shape index (κ2) is 6.61. The highest BCUT2D eigenvalue weighted by atomic mass is 15.2. The molecule has 0 radical (unpaired) electrons. The summed E-state index contributed by atoms with van der Waals surface area (Å²) in [6.07, 6.45) is 11.3. The van der Waals surface area contributed by atoms with E-state index in [0.717, 1.165) is 12.1 Å². The molecule has 1 heterocycles. The molecule has 0 aromatic heterocycles. The zero-order valence-electron chi connectivity index (χ0n) is 10.9. The van der Waals surface area contributed by atoms with Crippen LogP contribution in [0.15, 0.2) is 0 Å². The third kappa shape index (κ3) is 3.46. The number of nitrogens with zero attached hydrogens (tertiary/aromatic N) is 1. The van der Waals surface area contributed by atoms with E-state index >= 15 is 0 Å². The van der Waals surface area contributed by atoms with Gasteiger partial charge in [-0.3, -0.25) is 4.90 Å². The van der Waals surface area contributed by atoms with Gasteiger partial charge < -0.3 is 5.32 Å². The van der Waals surface area contributed by atoms with Crippen molar-refractivity contribution in [2.45, 2.75) is 70.4 Å². The van der Waals surface area contributed by atoms with Gasteiger partial charge in [-0.15, -0.1) is 0 Å². The first-order valence-corrected chi connectivity index (χ1v) is 7.37. The van der Waals surface area contributed by atoms with Gasteiger partial charge in [0.1, 0.15) is 0 Å². The highest BCUT2D eigenvalue weighted by Gasteiger charge is 2.24. The van der Waals surface area contributed by atoms with E-state index in [1.54, 1.807) is 0 Å². The van der Waals surface area contributed by atoms with Gasteiger partial charge in [0.15, 0.2) is 0 Å². The lowest BCUT2D eigenvalue weighted by Crippen LogP contribution is -2.43. The van der Waals surface area contributed by atoms with Crippen LogP contribution in [-0.2, 0) is 0 Å². The van der Waals surface area contributed by atoms with Crippen LogP contribution in [0.1, 0.15) is 58.3 Å². The zero-order chi connectivity index (χ0) is 11.2. The summed E-state index contributed by atoms with van der Waals surface area (Å²) in [4.78, 5) is 2.79. The SMILES string of the molecule is CCCC1CN(C2CCCCC2)CCCN1. The van der Waals surface area contributed by atoms with E-state index in [2.05, 4.69) is 17.1 Å². The first-order chi connectivity index (χ1) is 7.90. The Balaban J connectivity index is 1.86. The zero-order valence-corrected chi connectivity index (χ0v) is 10.9. The van der Waals surface area contributed by atoms with E-state index in [0.29, 0.717) is 0 Å². The largest absolute Gasteiger partial charge is 0.313 e. The van der Waals surface area contributed by atoms with E-state index in [4.69, 9.17) is 0 Å². The monoisotopic (exact) mass is 224 g/mol. The number of rotatable bonds is 3. The van der Waals surface area contributed by atoms with Crippen LogP contribution in [0.25, 0.3) is 0 Å². The van der Waals surface area contributed by atoms with Crippen LogP contribution in [0, 0.1) is 0 Å². The van der Waals surface area contributed by atoms with E-state index in [1.807, 2.05) is 0 Å². The Morgan fingerprint density at radius 1 is 1.12 bits per heavy atom. The Bertz CT molecular complexity index is 187. The number of hydrogen-bond acceptors (Lipinski definition) is 2. The Morgan fingerprint density at radius 3 is 2.69 bits per heavy atom. The maximum Gasteiger partial charge on any atom is 0.0195 e. The Kier molecular flexibility index (Phi) is 5.11. The maximum absolute atomic E-state index is 3.71. The minimum atomic E-state index is 0.759. The fourth-order valence-electron chi connectivity index (χ4n) is 3.35. The second-order valence-electron chi connectivity index (χ2n) is 5.58. The molecule has 2 aliphatic rings. The Hall–Kier alpha value is -0.0800. The van der Waals surface area contributed by atoms with Crippen molar-refractivity contribution in [2.24, 2.45) is 0 Å². The molecule has 0 aromatic rings. The summed E-state index contributed by atoms with van der Waals surface area (Å²) in [7, 11) is 0. The molecule has 1 atom stereocenters. The topological polar surface area (TPSA) is 15.3 Å². The average Bonchev–Trinajstić information content (AvgIpc) is 2.56. The van der Waals surface area contributed by atoms with Crippen molar-refractivity contribution in [3.8, 4) is 0 Å². The van der Waals surface area contributed by atoms with Crippen LogP contribution < -0.4 is 5.32 Å². The van der Waals surface area contributed by atoms with Gasteiger partial charge in [0.2, 0.25) is 0 Å². The van der Waals surface area contributed by atoms with E-state index < -0.39 is 0 Å². The summed E-state index contributed by atoms with van der Waals surface area (Å²) in [5.41, 5.74) is 0. The molecular formula is C14H28N2. The predicted molar refractivity (Wildman–Crippen MR) is 69.8 cm³/mol. The van der Waals surface area contributed by atoms with Gasteiger partial charge in [0.05, 0.1) is 0 Å². The van der Waals surface area contributed by atoms with Crippen LogP contribution >= 0.6 is 0 Å². The van der Waals surface area contributed by atoms with Crippen molar-refractivity contribution < 1.29 is 0 Å². The molecule has 1 aliphatic carbocycles. The molecule has 2 rings (SSSR count). The Morgan fingerprint density at radius 2 is 1.94 bits per heavy atom. The van der Waals surface area contributed by atoms with E-state index in [9.17, 15) is 0 Å². The highest BCUT2D eigenvalue weighted by molar-refractivity contribution is 4.82. The van der Waals surface area contributed by atoms with Gasteiger partial charge in [0.25, 0.3) is 0 Å². The standard InChI is InChI=1S/C14H28N2/c1-2-7-13-12-16(11-6-10-15-13)14-8-4-3-5-9-14/h13-15H,2-12H2,1H3. The quantitative estimate of drug-likeness (QED) is 0.793. The van der Waals surface area contributed by atoms with Crippen molar-refractivity contribution in [3.05, 3.63) is 0 Å². The fourth-order valence-corrected chi connectivity index (χ4v) is 3.35. The van der Waals surface area contributed by atoms with E-state index in [1.165, 1.54) is 71.0 Å². The van der Waals surface area contributed by atoms with Crippen molar-refractivity contribution in [2.75, 3.05) is 19.6 Å². The van der Waals surface area contributed by atoms with Crippen molar-refractivity contribution in [1.29, 1.82) is 0 Å². The Labute approximate surface area is 101 Å². The molecule has 0 aromatic carbocycles. The van der Waals surface area contributed by atoms with Crippen LogP contribution in [0.5, 0.6) is 0 Å². The minimum Gasteiger partial charge on any atom is -0.313 e. The summed E-state index contributed by atoms with van der Waals surface area (Å²) in [6, 6.07) is 1.67. The average molecular weight is 224 g/mol. The molecule has 1 aliphatic heterocycles. The maximum atomic E-state index is 3.71. The van der Waals surface area contributed by atoms with Gasteiger partial charge in [0, 0.05) is 18.6 Å². The lowest BCUT2D eigenvalue weighted by atomic mass is 9.93. The molecule has 1 N–H and O–H groups in total. The highest BCUT2D eigenvalue weighted by Crippen LogP contribution is 2.23. The normalized spacial score (nSPS) is 30.2. The van der Waals surface area contributed by atoms with Gasteiger partial charge >= 0.3 is 0 Å². The first-order valence-electron chi connectivity index (χ1n) is 7.37. The lowest BCUT2D eigenvalue weighted by Gasteiger charge is -2.35. The molecule has 2 nitrogen and oxygen atoms in total. The third-order valence-corrected chi connectivity index (χ3v) is 4.24. The van der Waals surface area contributed by atoms with Gasteiger partial charge in [-0.1, -0.05) is 32.6 Å². The molecule has 2 fully saturated rings. The van der Waals surface area contributed by atoms with E-state index in [-0.39, 0.29) is 0 Å². The number of nitrogens with one attached hydrogen (secondary N) is 1. The van der Waals surface area contributed by atoms with Gasteiger partial charge in [-0.2, -0.15) is 0 Å². The first kappa shape index (κ1) is 12.4. The summed E-state index contributed by atoms with van der Waals surface area (Å²) in [6.45, 7) is 6.17. The summed E-state index contributed by atoms with van der Waals surface area (Å²) >= 11 is 0. The molecule has 16 heavy (non-hydrogen) atoms. The fraction of sp³-hybridized carbons (Fsp3) is 1.00.